The maximum atomic E-state index is 14.8. The van der Waals surface area contributed by atoms with Gasteiger partial charge in [0.15, 0.2) is 11.6 Å². The summed E-state index contributed by atoms with van der Waals surface area (Å²) in [7, 11) is 0. The van der Waals surface area contributed by atoms with E-state index in [1.807, 2.05) is 24.3 Å². The topological polar surface area (TPSA) is 0 Å². The zero-order valence-electron chi connectivity index (χ0n) is 19.6. The summed E-state index contributed by atoms with van der Waals surface area (Å²) in [4.78, 5) is 0. The maximum Gasteiger partial charge on any atom is 0.166 e. The van der Waals surface area contributed by atoms with Crippen LogP contribution in [0, 0.1) is 11.6 Å². The van der Waals surface area contributed by atoms with Crippen molar-refractivity contribution in [1.29, 1.82) is 0 Å². The van der Waals surface area contributed by atoms with E-state index in [0.29, 0.717) is 23.1 Å². The van der Waals surface area contributed by atoms with Gasteiger partial charge in [-0.3, -0.25) is 0 Å². The summed E-state index contributed by atoms with van der Waals surface area (Å²) in [6.07, 6.45) is 10.9. The number of unbranched alkanes of at least 4 members (excludes halogenated alkanes) is 6. The van der Waals surface area contributed by atoms with Crippen molar-refractivity contribution >= 4 is 0 Å². The summed E-state index contributed by atoms with van der Waals surface area (Å²) < 4.78 is 29.5. The first-order valence-electron chi connectivity index (χ1n) is 12.3. The summed E-state index contributed by atoms with van der Waals surface area (Å²) in [5.74, 6) is -1.43. The van der Waals surface area contributed by atoms with Crippen LogP contribution in [-0.2, 0) is 12.8 Å². The highest BCUT2D eigenvalue weighted by Gasteiger charge is 2.14. The van der Waals surface area contributed by atoms with E-state index in [4.69, 9.17) is 0 Å². The second-order valence-electron chi connectivity index (χ2n) is 8.80. The van der Waals surface area contributed by atoms with Crippen molar-refractivity contribution in [3.05, 3.63) is 83.4 Å². The van der Waals surface area contributed by atoms with Crippen molar-refractivity contribution in [3.63, 3.8) is 0 Å². The van der Waals surface area contributed by atoms with Crippen molar-refractivity contribution in [2.24, 2.45) is 0 Å². The lowest BCUT2D eigenvalue weighted by Gasteiger charge is -2.10. The molecule has 3 rings (SSSR count). The number of benzene rings is 3. The predicted octanol–water partition coefficient (Wildman–Crippen LogP) is 9.54. The minimum absolute atomic E-state index is 0.331. The molecule has 0 bridgehead atoms. The van der Waals surface area contributed by atoms with E-state index in [9.17, 15) is 8.78 Å². The van der Waals surface area contributed by atoms with E-state index in [-0.39, 0.29) is 0 Å². The molecule has 0 saturated carbocycles. The number of aryl methyl sites for hydroxylation is 2. The van der Waals surface area contributed by atoms with E-state index >= 15 is 0 Å². The smallest absolute Gasteiger partial charge is 0.166 e. The average Bonchev–Trinajstić information content (AvgIpc) is 2.82. The van der Waals surface area contributed by atoms with Crippen LogP contribution in [0.1, 0.15) is 76.3 Å². The molecule has 0 amide bonds. The Balaban J connectivity index is 1.70. The van der Waals surface area contributed by atoms with Gasteiger partial charge < -0.3 is 0 Å². The van der Waals surface area contributed by atoms with E-state index < -0.39 is 11.6 Å². The van der Waals surface area contributed by atoms with Gasteiger partial charge in [0.05, 0.1) is 0 Å². The third-order valence-electron chi connectivity index (χ3n) is 6.24. The molecular weight excluding hydrogens is 398 g/mol. The number of hydrogen-bond donors (Lipinski definition) is 0. The molecule has 0 N–H and O–H groups in total. The molecule has 0 spiro atoms. The van der Waals surface area contributed by atoms with Gasteiger partial charge >= 0.3 is 0 Å². The fraction of sp³-hybridized carbons (Fsp3) is 0.400. The molecule has 0 radical (unpaired) electrons. The SMILES string of the molecule is CCCCCCCc1ccc(-c2ccc(-c3cccc(CCCCC)c3)cc2)c(F)c1F. The van der Waals surface area contributed by atoms with Gasteiger partial charge in [0, 0.05) is 5.56 Å². The Morgan fingerprint density at radius 2 is 1.22 bits per heavy atom. The molecule has 0 unspecified atom stereocenters. The molecule has 0 aliphatic heterocycles. The fourth-order valence-corrected chi connectivity index (χ4v) is 4.25. The van der Waals surface area contributed by atoms with Crippen molar-refractivity contribution < 1.29 is 8.78 Å². The molecule has 0 aliphatic rings. The Morgan fingerprint density at radius 3 is 1.97 bits per heavy atom. The molecule has 0 aromatic heterocycles. The second-order valence-corrected chi connectivity index (χ2v) is 8.80. The Morgan fingerprint density at radius 1 is 0.562 bits per heavy atom. The molecule has 0 atom stereocenters. The average molecular weight is 435 g/mol. The van der Waals surface area contributed by atoms with Crippen molar-refractivity contribution in [3.8, 4) is 22.3 Å². The van der Waals surface area contributed by atoms with E-state index in [2.05, 4.69) is 38.1 Å². The third-order valence-corrected chi connectivity index (χ3v) is 6.24. The lowest BCUT2D eigenvalue weighted by molar-refractivity contribution is 0.497. The molecule has 0 nitrogen and oxygen atoms in total. The van der Waals surface area contributed by atoms with Gasteiger partial charge in [0.25, 0.3) is 0 Å². The van der Waals surface area contributed by atoms with Gasteiger partial charge in [-0.05, 0) is 53.5 Å². The van der Waals surface area contributed by atoms with Crippen molar-refractivity contribution in [2.75, 3.05) is 0 Å². The predicted molar refractivity (Wildman–Crippen MR) is 133 cm³/mol. The van der Waals surface area contributed by atoms with Crippen LogP contribution < -0.4 is 0 Å². The van der Waals surface area contributed by atoms with E-state index in [0.717, 1.165) is 36.8 Å². The van der Waals surface area contributed by atoms with Crippen LogP contribution in [0.15, 0.2) is 60.7 Å². The van der Waals surface area contributed by atoms with Crippen LogP contribution in [0.5, 0.6) is 0 Å². The molecule has 32 heavy (non-hydrogen) atoms. The molecule has 3 aromatic carbocycles. The number of rotatable bonds is 12. The Labute approximate surface area is 192 Å². The van der Waals surface area contributed by atoms with Gasteiger partial charge in [0.1, 0.15) is 0 Å². The molecular formula is C30H36F2. The molecule has 2 heteroatoms. The monoisotopic (exact) mass is 434 g/mol. The quantitative estimate of drug-likeness (QED) is 0.249. The first kappa shape index (κ1) is 24.2. The number of hydrogen-bond acceptors (Lipinski definition) is 0. The van der Waals surface area contributed by atoms with Crippen LogP contribution in [-0.4, -0.2) is 0 Å². The Bertz CT molecular complexity index is 973. The Hall–Kier alpha value is -2.48. The van der Waals surface area contributed by atoms with Gasteiger partial charge in [0.2, 0.25) is 0 Å². The maximum absolute atomic E-state index is 14.8. The zero-order chi connectivity index (χ0) is 22.8. The van der Waals surface area contributed by atoms with Crippen LogP contribution in [0.2, 0.25) is 0 Å². The van der Waals surface area contributed by atoms with Crippen molar-refractivity contribution in [1.82, 2.24) is 0 Å². The summed E-state index contributed by atoms with van der Waals surface area (Å²) in [5, 5.41) is 0. The standard InChI is InChI=1S/C30H36F2/c1-3-5-7-8-10-14-26-20-21-28(30(32)29(26)31)25-18-16-24(17-19-25)27-15-11-13-23(22-27)12-9-6-4-2/h11,13,15-22H,3-10,12,14H2,1-2H3. The third kappa shape index (κ3) is 6.51. The highest BCUT2D eigenvalue weighted by molar-refractivity contribution is 5.71. The lowest BCUT2D eigenvalue weighted by Crippen LogP contribution is -1.98. The van der Waals surface area contributed by atoms with Gasteiger partial charge in [-0.2, -0.15) is 0 Å². The molecule has 3 aromatic rings. The molecule has 0 heterocycles. The minimum atomic E-state index is -0.735. The summed E-state index contributed by atoms with van der Waals surface area (Å²) >= 11 is 0. The zero-order valence-corrected chi connectivity index (χ0v) is 19.6. The first-order chi connectivity index (χ1) is 15.6. The van der Waals surface area contributed by atoms with Crippen LogP contribution in [0.4, 0.5) is 8.78 Å². The van der Waals surface area contributed by atoms with Gasteiger partial charge in [-0.1, -0.05) is 113 Å². The van der Waals surface area contributed by atoms with Gasteiger partial charge in [-0.25, -0.2) is 8.78 Å². The van der Waals surface area contributed by atoms with E-state index in [1.54, 1.807) is 12.1 Å². The Kier molecular flexibility index (Phi) is 9.46. The van der Waals surface area contributed by atoms with Crippen LogP contribution >= 0.6 is 0 Å². The van der Waals surface area contributed by atoms with E-state index in [1.165, 1.54) is 37.7 Å². The molecule has 170 valence electrons. The fourth-order valence-electron chi connectivity index (χ4n) is 4.25. The largest absolute Gasteiger partial charge is 0.203 e. The molecule has 0 saturated heterocycles. The highest BCUT2D eigenvalue weighted by atomic mass is 19.2. The molecule has 0 aliphatic carbocycles. The van der Waals surface area contributed by atoms with Gasteiger partial charge in [-0.15, -0.1) is 0 Å². The lowest BCUT2D eigenvalue weighted by atomic mass is 9.96. The first-order valence-corrected chi connectivity index (χ1v) is 12.3. The normalized spacial score (nSPS) is 11.1. The molecule has 0 fully saturated rings. The highest BCUT2D eigenvalue weighted by Crippen LogP contribution is 2.30. The van der Waals surface area contributed by atoms with Crippen LogP contribution in [0.25, 0.3) is 22.3 Å². The summed E-state index contributed by atoms with van der Waals surface area (Å²) in [6.45, 7) is 4.39. The van der Waals surface area contributed by atoms with Crippen LogP contribution in [0.3, 0.4) is 0 Å². The minimum Gasteiger partial charge on any atom is -0.203 e. The summed E-state index contributed by atoms with van der Waals surface area (Å²) in [6, 6.07) is 19.9. The summed E-state index contributed by atoms with van der Waals surface area (Å²) in [5.41, 5.74) is 5.12. The second kappa shape index (κ2) is 12.5. The number of halogens is 2. The van der Waals surface area contributed by atoms with Crippen molar-refractivity contribution in [2.45, 2.75) is 78.1 Å².